The molecule has 0 unspecified atom stereocenters. The highest BCUT2D eigenvalue weighted by Crippen LogP contribution is 2.24. The number of aromatic nitrogens is 1. The Bertz CT molecular complexity index is 696. The summed E-state index contributed by atoms with van der Waals surface area (Å²) in [5.74, 6) is 0. The van der Waals surface area contributed by atoms with Gasteiger partial charge in [0, 0.05) is 17.4 Å². The van der Waals surface area contributed by atoms with Gasteiger partial charge in [0.05, 0.1) is 22.7 Å². The molecule has 0 bridgehead atoms. The number of benzene rings is 1. The molecule has 1 aromatic carbocycles. The Kier molecular flexibility index (Phi) is 4.21. The Balaban J connectivity index is 2.22. The molecule has 0 aliphatic rings. The molecular formula is C16H19N3O2. The second-order valence-electron chi connectivity index (χ2n) is 5.27. The van der Waals surface area contributed by atoms with Gasteiger partial charge in [0.15, 0.2) is 0 Å². The zero-order valence-corrected chi connectivity index (χ0v) is 12.7. The molecule has 2 rings (SSSR count). The zero-order valence-electron chi connectivity index (χ0n) is 12.7. The molecular weight excluding hydrogens is 266 g/mol. The number of rotatable bonds is 4. The number of pyridine rings is 1. The Morgan fingerprint density at radius 2 is 1.86 bits per heavy atom. The van der Waals surface area contributed by atoms with Gasteiger partial charge < -0.3 is 5.32 Å². The van der Waals surface area contributed by atoms with Gasteiger partial charge in [0.25, 0.3) is 5.69 Å². The third-order valence-electron chi connectivity index (χ3n) is 3.73. The van der Waals surface area contributed by atoms with E-state index in [9.17, 15) is 10.1 Å². The van der Waals surface area contributed by atoms with Crippen LogP contribution in [0, 0.1) is 37.8 Å². The van der Waals surface area contributed by atoms with Gasteiger partial charge in [0.2, 0.25) is 0 Å². The monoisotopic (exact) mass is 285 g/mol. The van der Waals surface area contributed by atoms with Crippen LogP contribution in [0.25, 0.3) is 0 Å². The van der Waals surface area contributed by atoms with Crippen LogP contribution >= 0.6 is 0 Å². The van der Waals surface area contributed by atoms with E-state index < -0.39 is 0 Å². The van der Waals surface area contributed by atoms with Crippen LogP contribution in [0.4, 0.5) is 11.4 Å². The van der Waals surface area contributed by atoms with Crippen molar-refractivity contribution in [3.05, 3.63) is 62.5 Å². The maximum atomic E-state index is 11.1. The summed E-state index contributed by atoms with van der Waals surface area (Å²) in [5, 5.41) is 14.4. The topological polar surface area (TPSA) is 68.1 Å². The molecule has 0 amide bonds. The maximum Gasteiger partial charge on any atom is 0.278 e. The van der Waals surface area contributed by atoms with Crippen LogP contribution in [0.1, 0.15) is 27.9 Å². The van der Waals surface area contributed by atoms with Crippen molar-refractivity contribution in [3.8, 4) is 0 Å². The molecule has 0 aliphatic heterocycles. The number of nitrogens with one attached hydrogen (secondary N) is 1. The lowest BCUT2D eigenvalue weighted by molar-refractivity contribution is -0.386. The molecule has 0 saturated carbocycles. The summed E-state index contributed by atoms with van der Waals surface area (Å²) in [6, 6.07) is 6.11. The lowest BCUT2D eigenvalue weighted by Crippen LogP contribution is -2.07. The molecule has 21 heavy (non-hydrogen) atoms. The van der Waals surface area contributed by atoms with Gasteiger partial charge in [0.1, 0.15) is 0 Å². The molecule has 0 fully saturated rings. The van der Waals surface area contributed by atoms with Crippen molar-refractivity contribution in [2.45, 2.75) is 34.2 Å². The molecule has 1 N–H and O–H groups in total. The van der Waals surface area contributed by atoms with Gasteiger partial charge >= 0.3 is 0 Å². The average Bonchev–Trinajstić information content (AvgIpc) is 2.41. The largest absolute Gasteiger partial charge is 0.379 e. The van der Waals surface area contributed by atoms with Gasteiger partial charge in [-0.2, -0.15) is 0 Å². The molecule has 110 valence electrons. The molecule has 0 radical (unpaired) electrons. The molecule has 5 heteroatoms. The molecule has 1 heterocycles. The Morgan fingerprint density at radius 1 is 1.14 bits per heavy atom. The van der Waals surface area contributed by atoms with Crippen LogP contribution in [0.5, 0.6) is 0 Å². The fraction of sp³-hybridized carbons (Fsp3) is 0.312. The van der Waals surface area contributed by atoms with E-state index in [1.165, 1.54) is 11.1 Å². The minimum atomic E-state index is -0.341. The van der Waals surface area contributed by atoms with Gasteiger partial charge in [-0.1, -0.05) is 6.07 Å². The smallest absolute Gasteiger partial charge is 0.278 e. The van der Waals surface area contributed by atoms with E-state index in [1.54, 1.807) is 20.0 Å². The lowest BCUT2D eigenvalue weighted by Gasteiger charge is -2.11. The molecule has 5 nitrogen and oxygen atoms in total. The minimum absolute atomic E-state index is 0.155. The van der Waals surface area contributed by atoms with E-state index in [1.807, 2.05) is 6.07 Å². The zero-order chi connectivity index (χ0) is 15.6. The van der Waals surface area contributed by atoms with Gasteiger partial charge in [-0.15, -0.1) is 0 Å². The molecule has 0 spiro atoms. The highest BCUT2D eigenvalue weighted by Gasteiger charge is 2.18. The van der Waals surface area contributed by atoms with Crippen LogP contribution in [0.2, 0.25) is 0 Å². The minimum Gasteiger partial charge on any atom is -0.379 e. The highest BCUT2D eigenvalue weighted by atomic mass is 16.6. The van der Waals surface area contributed by atoms with E-state index >= 15 is 0 Å². The van der Waals surface area contributed by atoms with Crippen molar-refractivity contribution in [2.24, 2.45) is 0 Å². The van der Waals surface area contributed by atoms with Crippen LogP contribution in [-0.2, 0) is 6.54 Å². The molecule has 0 atom stereocenters. The molecule has 0 saturated heterocycles. The summed E-state index contributed by atoms with van der Waals surface area (Å²) in [5.41, 5.74) is 5.50. The van der Waals surface area contributed by atoms with E-state index in [0.29, 0.717) is 23.4 Å². The van der Waals surface area contributed by atoms with Crippen LogP contribution in [0.15, 0.2) is 24.4 Å². The lowest BCUT2D eigenvalue weighted by atomic mass is 10.1. The Hall–Kier alpha value is -2.43. The van der Waals surface area contributed by atoms with Crippen LogP contribution in [0.3, 0.4) is 0 Å². The molecule has 1 aromatic heterocycles. The normalized spacial score (nSPS) is 10.5. The molecule has 2 aromatic rings. The summed E-state index contributed by atoms with van der Waals surface area (Å²) in [6.07, 6.45) is 1.56. The maximum absolute atomic E-state index is 11.1. The third kappa shape index (κ3) is 3.18. The van der Waals surface area contributed by atoms with Crippen molar-refractivity contribution >= 4 is 11.4 Å². The van der Waals surface area contributed by atoms with Gasteiger partial charge in [-0.05, 0) is 51.0 Å². The number of nitrogens with zero attached hydrogens (tertiary/aromatic N) is 2. The summed E-state index contributed by atoms with van der Waals surface area (Å²) < 4.78 is 0. The highest BCUT2D eigenvalue weighted by molar-refractivity contribution is 5.51. The van der Waals surface area contributed by atoms with Crippen molar-refractivity contribution in [3.63, 3.8) is 0 Å². The van der Waals surface area contributed by atoms with Crippen molar-refractivity contribution < 1.29 is 4.92 Å². The van der Waals surface area contributed by atoms with Crippen LogP contribution in [-0.4, -0.2) is 9.91 Å². The van der Waals surface area contributed by atoms with E-state index in [0.717, 1.165) is 5.69 Å². The fourth-order valence-corrected chi connectivity index (χ4v) is 2.26. The van der Waals surface area contributed by atoms with Crippen LogP contribution < -0.4 is 5.32 Å². The third-order valence-corrected chi connectivity index (χ3v) is 3.73. The second-order valence-corrected chi connectivity index (χ2v) is 5.27. The Labute approximate surface area is 124 Å². The first kappa shape index (κ1) is 15.0. The SMILES string of the molecule is Cc1ccc(NCc2ncc(C)c([N+](=O)[O-])c2C)cc1C. The van der Waals surface area contributed by atoms with Crippen molar-refractivity contribution in [1.82, 2.24) is 4.98 Å². The summed E-state index contributed by atoms with van der Waals surface area (Å²) in [6.45, 7) is 8.04. The first-order chi connectivity index (χ1) is 9.90. The first-order valence-corrected chi connectivity index (χ1v) is 6.80. The number of nitro groups is 1. The van der Waals surface area contributed by atoms with Crippen molar-refractivity contribution in [1.29, 1.82) is 0 Å². The number of anilines is 1. The number of hydrogen-bond donors (Lipinski definition) is 1. The van der Waals surface area contributed by atoms with Gasteiger partial charge in [-0.3, -0.25) is 15.1 Å². The van der Waals surface area contributed by atoms with E-state index in [4.69, 9.17) is 0 Å². The van der Waals surface area contributed by atoms with Gasteiger partial charge in [-0.25, -0.2) is 0 Å². The quantitative estimate of drug-likeness (QED) is 0.684. The average molecular weight is 285 g/mol. The summed E-state index contributed by atoms with van der Waals surface area (Å²) in [7, 11) is 0. The number of hydrogen-bond acceptors (Lipinski definition) is 4. The first-order valence-electron chi connectivity index (χ1n) is 6.80. The second kappa shape index (κ2) is 5.91. The number of aryl methyl sites for hydroxylation is 3. The van der Waals surface area contributed by atoms with Crippen molar-refractivity contribution in [2.75, 3.05) is 5.32 Å². The summed E-state index contributed by atoms with van der Waals surface area (Å²) in [4.78, 5) is 15.1. The Morgan fingerprint density at radius 3 is 2.48 bits per heavy atom. The standard InChI is InChI=1S/C16H19N3O2/c1-10-5-6-14(7-11(10)2)17-9-15-13(4)16(19(20)21)12(3)8-18-15/h5-8,17H,9H2,1-4H3. The van der Waals surface area contributed by atoms with E-state index in [-0.39, 0.29) is 10.6 Å². The summed E-state index contributed by atoms with van der Waals surface area (Å²) >= 11 is 0. The predicted octanol–water partition coefficient (Wildman–Crippen LogP) is 3.84. The van der Waals surface area contributed by atoms with E-state index in [2.05, 4.69) is 36.3 Å². The predicted molar refractivity (Wildman–Crippen MR) is 83.6 cm³/mol. The fourth-order valence-electron chi connectivity index (χ4n) is 2.26. The molecule has 0 aliphatic carbocycles.